The van der Waals surface area contributed by atoms with Gasteiger partial charge in [0, 0.05) is 12.6 Å². The number of benzene rings is 1. The predicted molar refractivity (Wildman–Crippen MR) is 78.5 cm³/mol. The number of hydrogen-bond acceptors (Lipinski definition) is 4. The van der Waals surface area contributed by atoms with Gasteiger partial charge in [-0.05, 0) is 37.1 Å². The highest BCUT2D eigenvalue weighted by Gasteiger charge is 2.07. The average Bonchev–Trinajstić information content (AvgIpc) is 2.83. The number of nitrogens with zero attached hydrogens (tertiary/aromatic N) is 1. The Hall–Kier alpha value is -1.88. The van der Waals surface area contributed by atoms with E-state index in [1.807, 2.05) is 13.0 Å². The number of halogens is 1. The van der Waals surface area contributed by atoms with E-state index in [-0.39, 0.29) is 18.2 Å². The van der Waals surface area contributed by atoms with E-state index in [2.05, 4.69) is 24.3 Å². The lowest BCUT2D eigenvalue weighted by molar-refractivity contribution is 0.240. The molecule has 5 heteroatoms. The predicted octanol–water partition coefficient (Wildman–Crippen LogP) is 3.45. The number of aryl methyl sites for hydroxylation is 1. The van der Waals surface area contributed by atoms with Gasteiger partial charge in [-0.3, -0.25) is 0 Å². The topological polar surface area (TPSA) is 47.3 Å². The molecule has 1 aromatic heterocycles. The third-order valence-corrected chi connectivity index (χ3v) is 2.92. The summed E-state index contributed by atoms with van der Waals surface area (Å²) < 4.78 is 24.4. The summed E-state index contributed by atoms with van der Waals surface area (Å²) in [5, 5.41) is 7.03. The summed E-state index contributed by atoms with van der Waals surface area (Å²) in [6, 6.07) is 6.76. The quantitative estimate of drug-likeness (QED) is 0.849. The molecule has 0 aliphatic carbocycles. The molecule has 0 saturated carbocycles. The molecule has 4 nitrogen and oxygen atoms in total. The van der Waals surface area contributed by atoms with Crippen molar-refractivity contribution in [2.45, 2.75) is 33.9 Å². The Morgan fingerprint density at radius 3 is 2.76 bits per heavy atom. The van der Waals surface area contributed by atoms with Crippen LogP contribution >= 0.6 is 0 Å². The van der Waals surface area contributed by atoms with Crippen LogP contribution in [0.1, 0.15) is 30.9 Å². The first-order valence-corrected chi connectivity index (χ1v) is 7.08. The lowest BCUT2D eigenvalue weighted by atomic mass is 10.2. The van der Waals surface area contributed by atoms with Crippen LogP contribution in [0, 0.1) is 18.7 Å². The summed E-state index contributed by atoms with van der Waals surface area (Å²) in [4.78, 5) is 0. The van der Waals surface area contributed by atoms with Crippen molar-refractivity contribution in [2.24, 2.45) is 5.92 Å². The Morgan fingerprint density at radius 2 is 2.14 bits per heavy atom. The molecule has 0 atom stereocenters. The van der Waals surface area contributed by atoms with Crippen molar-refractivity contribution >= 4 is 0 Å². The third-order valence-electron chi connectivity index (χ3n) is 2.92. The molecule has 0 amide bonds. The molecular weight excluding hydrogens is 271 g/mol. The zero-order valence-corrected chi connectivity index (χ0v) is 12.6. The van der Waals surface area contributed by atoms with E-state index in [1.165, 1.54) is 6.07 Å². The van der Waals surface area contributed by atoms with Gasteiger partial charge < -0.3 is 14.6 Å². The lowest BCUT2D eigenvalue weighted by Crippen LogP contribution is -2.19. The SMILES string of the molecule is Cc1cc(COc2ccc(CNCC(C)C)cc2F)on1. The number of rotatable bonds is 7. The average molecular weight is 292 g/mol. The molecule has 2 aromatic rings. The van der Waals surface area contributed by atoms with Gasteiger partial charge in [0.15, 0.2) is 17.3 Å². The second-order valence-corrected chi connectivity index (χ2v) is 5.51. The standard InChI is InChI=1S/C16H21FN2O2/c1-11(2)8-18-9-13-4-5-16(15(17)7-13)20-10-14-6-12(3)19-21-14/h4-7,11,18H,8-10H2,1-3H3. The van der Waals surface area contributed by atoms with Crippen molar-refractivity contribution in [3.05, 3.63) is 47.1 Å². The fourth-order valence-electron chi connectivity index (χ4n) is 1.91. The van der Waals surface area contributed by atoms with Gasteiger partial charge >= 0.3 is 0 Å². The normalized spacial score (nSPS) is 11.1. The Labute approximate surface area is 124 Å². The van der Waals surface area contributed by atoms with Crippen LogP contribution < -0.4 is 10.1 Å². The van der Waals surface area contributed by atoms with Crippen LogP contribution in [-0.2, 0) is 13.2 Å². The van der Waals surface area contributed by atoms with Crippen molar-refractivity contribution < 1.29 is 13.7 Å². The summed E-state index contributed by atoms with van der Waals surface area (Å²) in [5.41, 5.74) is 1.68. The van der Waals surface area contributed by atoms with Crippen LogP contribution in [0.25, 0.3) is 0 Å². The summed E-state index contributed by atoms with van der Waals surface area (Å²) in [5.74, 6) is 1.00. The van der Waals surface area contributed by atoms with Crippen molar-refractivity contribution in [1.29, 1.82) is 0 Å². The molecule has 114 valence electrons. The Kier molecular flexibility index (Phi) is 5.33. The zero-order chi connectivity index (χ0) is 15.2. The minimum atomic E-state index is -0.366. The first-order valence-electron chi connectivity index (χ1n) is 7.08. The maximum absolute atomic E-state index is 13.9. The molecule has 1 N–H and O–H groups in total. The van der Waals surface area contributed by atoms with Gasteiger partial charge in [-0.25, -0.2) is 4.39 Å². The highest BCUT2D eigenvalue weighted by Crippen LogP contribution is 2.20. The first kappa shape index (κ1) is 15.5. The van der Waals surface area contributed by atoms with E-state index in [1.54, 1.807) is 12.1 Å². The zero-order valence-electron chi connectivity index (χ0n) is 12.6. The molecule has 0 saturated heterocycles. The van der Waals surface area contributed by atoms with E-state index in [9.17, 15) is 4.39 Å². The second-order valence-electron chi connectivity index (χ2n) is 5.51. The molecule has 0 fully saturated rings. The van der Waals surface area contributed by atoms with Crippen molar-refractivity contribution in [3.8, 4) is 5.75 Å². The van der Waals surface area contributed by atoms with E-state index in [0.717, 1.165) is 17.8 Å². The van der Waals surface area contributed by atoms with Crippen molar-refractivity contribution in [2.75, 3.05) is 6.54 Å². The molecule has 0 radical (unpaired) electrons. The van der Waals surface area contributed by atoms with Crippen LogP contribution in [0.15, 0.2) is 28.8 Å². The van der Waals surface area contributed by atoms with Crippen LogP contribution in [0.3, 0.4) is 0 Å². The van der Waals surface area contributed by atoms with Crippen LogP contribution in [-0.4, -0.2) is 11.7 Å². The van der Waals surface area contributed by atoms with E-state index < -0.39 is 0 Å². The molecule has 1 aromatic carbocycles. The van der Waals surface area contributed by atoms with Crippen LogP contribution in [0.2, 0.25) is 0 Å². The largest absolute Gasteiger partial charge is 0.482 e. The molecule has 0 aliphatic heterocycles. The fraction of sp³-hybridized carbons (Fsp3) is 0.438. The first-order chi connectivity index (χ1) is 10.0. The molecule has 1 heterocycles. The number of nitrogens with one attached hydrogen (secondary N) is 1. The maximum Gasteiger partial charge on any atom is 0.174 e. The summed E-state index contributed by atoms with van der Waals surface area (Å²) in [6.45, 7) is 7.82. The van der Waals surface area contributed by atoms with Crippen molar-refractivity contribution in [1.82, 2.24) is 10.5 Å². The van der Waals surface area contributed by atoms with Gasteiger partial charge in [-0.15, -0.1) is 0 Å². The van der Waals surface area contributed by atoms with Crippen LogP contribution in [0.5, 0.6) is 5.75 Å². The van der Waals surface area contributed by atoms with Gasteiger partial charge in [-0.1, -0.05) is 25.1 Å². The fourth-order valence-corrected chi connectivity index (χ4v) is 1.91. The van der Waals surface area contributed by atoms with Gasteiger partial charge in [-0.2, -0.15) is 0 Å². The highest BCUT2D eigenvalue weighted by atomic mass is 19.1. The number of aromatic nitrogens is 1. The molecule has 0 unspecified atom stereocenters. The Balaban J connectivity index is 1.89. The second kappa shape index (κ2) is 7.22. The maximum atomic E-state index is 13.9. The third kappa shape index (κ3) is 4.86. The number of hydrogen-bond donors (Lipinski definition) is 1. The van der Waals surface area contributed by atoms with E-state index in [0.29, 0.717) is 18.2 Å². The van der Waals surface area contributed by atoms with Crippen molar-refractivity contribution in [3.63, 3.8) is 0 Å². The minimum absolute atomic E-state index is 0.169. The molecule has 2 rings (SSSR count). The smallest absolute Gasteiger partial charge is 0.174 e. The van der Waals surface area contributed by atoms with Gasteiger partial charge in [0.2, 0.25) is 0 Å². The Morgan fingerprint density at radius 1 is 1.33 bits per heavy atom. The Bertz CT molecular complexity index is 581. The molecule has 0 bridgehead atoms. The van der Waals surface area contributed by atoms with E-state index in [4.69, 9.17) is 9.26 Å². The highest BCUT2D eigenvalue weighted by molar-refractivity contribution is 5.29. The molecule has 0 spiro atoms. The van der Waals surface area contributed by atoms with E-state index >= 15 is 0 Å². The minimum Gasteiger partial charge on any atom is -0.482 e. The van der Waals surface area contributed by atoms with Gasteiger partial charge in [0.05, 0.1) is 5.69 Å². The van der Waals surface area contributed by atoms with Gasteiger partial charge in [0.1, 0.15) is 6.61 Å². The van der Waals surface area contributed by atoms with Crippen LogP contribution in [0.4, 0.5) is 4.39 Å². The van der Waals surface area contributed by atoms with Gasteiger partial charge in [0.25, 0.3) is 0 Å². The monoisotopic (exact) mass is 292 g/mol. The molecule has 21 heavy (non-hydrogen) atoms. The summed E-state index contributed by atoms with van der Waals surface area (Å²) in [7, 11) is 0. The summed E-state index contributed by atoms with van der Waals surface area (Å²) in [6.07, 6.45) is 0. The lowest BCUT2D eigenvalue weighted by Gasteiger charge is -2.09. The summed E-state index contributed by atoms with van der Waals surface area (Å²) >= 11 is 0. The number of ether oxygens (including phenoxy) is 1. The molecular formula is C16H21FN2O2. The molecule has 0 aliphatic rings.